The van der Waals surface area contributed by atoms with Gasteiger partial charge in [0.15, 0.2) is 0 Å². The molecule has 1 saturated heterocycles. The third-order valence-electron chi connectivity index (χ3n) is 10.6. The van der Waals surface area contributed by atoms with E-state index in [-0.39, 0.29) is 30.7 Å². The first-order valence-electron chi connectivity index (χ1n) is 19.0. The van der Waals surface area contributed by atoms with Crippen LogP contribution in [0.25, 0.3) is 0 Å². The van der Waals surface area contributed by atoms with Crippen molar-refractivity contribution >= 4 is 39.9 Å². The van der Waals surface area contributed by atoms with Gasteiger partial charge in [-0.3, -0.25) is 14.4 Å². The number of ether oxygens (including phenoxy) is 2. The molecule has 1 saturated carbocycles. The van der Waals surface area contributed by atoms with Crippen molar-refractivity contribution in [1.82, 2.24) is 25.2 Å². The van der Waals surface area contributed by atoms with Crippen LogP contribution in [0.3, 0.4) is 0 Å². The summed E-state index contributed by atoms with van der Waals surface area (Å²) in [5.41, 5.74) is 0.574. The van der Waals surface area contributed by atoms with Gasteiger partial charge in [0.05, 0.1) is 11.4 Å². The normalized spacial score (nSPS) is 26.5. The van der Waals surface area contributed by atoms with E-state index in [4.69, 9.17) is 9.47 Å². The second kappa shape index (κ2) is 16.0. The summed E-state index contributed by atoms with van der Waals surface area (Å²) in [5, 5.41) is 5.53. The van der Waals surface area contributed by atoms with Gasteiger partial charge in [0, 0.05) is 25.4 Å². The zero-order valence-corrected chi connectivity index (χ0v) is 32.7. The number of hydrogen-bond acceptors (Lipinski definition) is 9. The number of carbonyl (C=O) groups is 5. The smallest absolute Gasteiger partial charge is 0.410 e. The van der Waals surface area contributed by atoms with Crippen LogP contribution in [0.15, 0.2) is 65.6 Å². The van der Waals surface area contributed by atoms with Crippen LogP contribution in [0, 0.1) is 12.8 Å². The minimum absolute atomic E-state index is 0.0766. The third kappa shape index (κ3) is 9.49. The van der Waals surface area contributed by atoms with Gasteiger partial charge in [-0.25, -0.2) is 22.7 Å². The summed E-state index contributed by atoms with van der Waals surface area (Å²) in [7, 11) is -4.28. The Labute approximate surface area is 322 Å². The highest BCUT2D eigenvalue weighted by Crippen LogP contribution is 2.46. The molecule has 0 aromatic heterocycles. The van der Waals surface area contributed by atoms with Crippen molar-refractivity contribution in [3.05, 3.63) is 77.4 Å². The van der Waals surface area contributed by atoms with Crippen molar-refractivity contribution in [1.29, 1.82) is 0 Å². The maximum Gasteiger partial charge on any atom is 0.410 e. The van der Waals surface area contributed by atoms with Gasteiger partial charge >= 0.3 is 12.2 Å². The lowest BCUT2D eigenvalue weighted by atomic mass is 10.0. The largest absolute Gasteiger partial charge is 0.444 e. The molecule has 0 radical (unpaired) electrons. The van der Waals surface area contributed by atoms with Gasteiger partial charge in [0.2, 0.25) is 11.8 Å². The summed E-state index contributed by atoms with van der Waals surface area (Å²) in [4.78, 5) is 71.9. The van der Waals surface area contributed by atoms with Crippen molar-refractivity contribution in [2.75, 3.05) is 13.1 Å². The van der Waals surface area contributed by atoms with Gasteiger partial charge in [-0.1, -0.05) is 67.0 Å². The fourth-order valence-corrected chi connectivity index (χ4v) is 8.51. The molecule has 1 aliphatic carbocycles. The number of fused-ring (bicyclic) bond motifs is 3. The van der Waals surface area contributed by atoms with Gasteiger partial charge in [-0.05, 0) is 83.1 Å². The fraction of sp³-hybridized carbons (Fsp3) is 0.525. The number of carbonyl (C=O) groups excluding carboxylic acids is 5. The number of nitrogens with one attached hydrogen (secondary N) is 3. The Hall–Kier alpha value is -4.92. The SMILES string of the molecule is Cc1ccc(S(=O)(=O)NC(=O)[C@@]23C[C@H]2/C=C/CCCCC[C@H](NC(=O)OC(C)(C)C)C(=O)N2C[C@H](OC(=O)N4CCc5ccccc5C4)C[C@H]2C(=O)N3)cc1. The first kappa shape index (κ1) is 39.8. The molecule has 15 heteroatoms. The summed E-state index contributed by atoms with van der Waals surface area (Å²) in [5.74, 6) is -2.66. The molecule has 2 fully saturated rings. The maximum absolute atomic E-state index is 14.4. The predicted molar refractivity (Wildman–Crippen MR) is 202 cm³/mol. The van der Waals surface area contributed by atoms with Crippen molar-refractivity contribution in [3.8, 4) is 0 Å². The molecule has 0 bridgehead atoms. The molecule has 4 aliphatic rings. The Morgan fingerprint density at radius 3 is 2.44 bits per heavy atom. The van der Waals surface area contributed by atoms with E-state index in [1.165, 1.54) is 17.0 Å². The molecule has 3 heterocycles. The van der Waals surface area contributed by atoms with E-state index in [1.807, 2.05) is 43.3 Å². The van der Waals surface area contributed by atoms with E-state index in [0.717, 1.165) is 29.5 Å². The highest BCUT2D eigenvalue weighted by atomic mass is 32.2. The van der Waals surface area contributed by atoms with Crippen LogP contribution in [0.4, 0.5) is 9.59 Å². The van der Waals surface area contributed by atoms with E-state index in [0.29, 0.717) is 32.4 Å². The molecular formula is C40H51N5O9S. The van der Waals surface area contributed by atoms with Crippen molar-refractivity contribution in [2.24, 2.45) is 5.92 Å². The van der Waals surface area contributed by atoms with Crippen LogP contribution in [-0.2, 0) is 46.8 Å². The molecule has 0 unspecified atom stereocenters. The number of rotatable bonds is 5. The van der Waals surface area contributed by atoms with Gasteiger partial charge in [-0.2, -0.15) is 0 Å². The second-order valence-electron chi connectivity index (χ2n) is 16.0. The van der Waals surface area contributed by atoms with Gasteiger partial charge in [0.1, 0.15) is 29.3 Å². The van der Waals surface area contributed by atoms with E-state index < -0.39 is 75.2 Å². The second-order valence-corrected chi connectivity index (χ2v) is 17.7. The molecule has 0 spiro atoms. The van der Waals surface area contributed by atoms with Gasteiger partial charge in [-0.15, -0.1) is 0 Å². The third-order valence-corrected chi connectivity index (χ3v) is 11.9. The lowest BCUT2D eigenvalue weighted by molar-refractivity contribution is -0.141. The molecule has 3 aliphatic heterocycles. The number of hydrogen-bond donors (Lipinski definition) is 3. The zero-order valence-electron chi connectivity index (χ0n) is 31.8. The first-order chi connectivity index (χ1) is 26.0. The van der Waals surface area contributed by atoms with E-state index in [1.54, 1.807) is 37.8 Å². The fourth-order valence-electron chi connectivity index (χ4n) is 7.47. The summed E-state index contributed by atoms with van der Waals surface area (Å²) in [6.45, 7) is 7.60. The summed E-state index contributed by atoms with van der Waals surface area (Å²) in [6.07, 6.45) is 5.22. The molecule has 3 N–H and O–H groups in total. The maximum atomic E-state index is 14.4. The zero-order chi connectivity index (χ0) is 39.5. The van der Waals surface area contributed by atoms with Crippen LogP contribution in [0.1, 0.15) is 82.4 Å². The Morgan fingerprint density at radius 1 is 0.982 bits per heavy atom. The standard InChI is InChI=1S/C40H51N5O9S/c1-26-16-18-31(19-17-26)55(51,52)43-36(48)40-23-29(40)14-8-6-5-7-9-15-32(41-37(49)54-39(2,3)4)35(47)45-25-30(22-33(45)34(46)42-40)53-38(50)44-21-20-27-12-10-11-13-28(27)24-44/h8,10-14,16-19,29-30,32-33H,5-7,9,15,20-25H2,1-4H3,(H,41,49)(H,42,46)(H,43,48)/b14-8+/t29-,30-,32+,33+,40-/m1/s1. The van der Waals surface area contributed by atoms with Crippen LogP contribution in [-0.4, -0.2) is 90.5 Å². The van der Waals surface area contributed by atoms with Crippen LogP contribution >= 0.6 is 0 Å². The average Bonchev–Trinajstić information content (AvgIpc) is 3.66. The quantitative estimate of drug-likeness (QED) is 0.374. The monoisotopic (exact) mass is 777 g/mol. The van der Waals surface area contributed by atoms with E-state index in [2.05, 4.69) is 15.4 Å². The Balaban J connectivity index is 1.26. The molecule has 55 heavy (non-hydrogen) atoms. The van der Waals surface area contributed by atoms with Gasteiger partial charge < -0.3 is 29.9 Å². The molecule has 5 atom stereocenters. The van der Waals surface area contributed by atoms with Crippen LogP contribution in [0.5, 0.6) is 0 Å². The lowest BCUT2D eigenvalue weighted by Gasteiger charge is -2.30. The molecule has 14 nitrogen and oxygen atoms in total. The highest BCUT2D eigenvalue weighted by Gasteiger charge is 2.61. The number of nitrogens with zero attached hydrogens (tertiary/aromatic N) is 2. The highest BCUT2D eigenvalue weighted by molar-refractivity contribution is 7.90. The van der Waals surface area contributed by atoms with E-state index >= 15 is 0 Å². The molecule has 5 amide bonds. The summed E-state index contributed by atoms with van der Waals surface area (Å²) >= 11 is 0. The lowest BCUT2D eigenvalue weighted by Crippen LogP contribution is -2.58. The number of sulfonamides is 1. The molecule has 2 aromatic carbocycles. The van der Waals surface area contributed by atoms with Crippen molar-refractivity contribution < 1.29 is 41.9 Å². The van der Waals surface area contributed by atoms with E-state index in [9.17, 15) is 32.4 Å². The number of aryl methyl sites for hydroxylation is 1. The predicted octanol–water partition coefficient (Wildman–Crippen LogP) is 4.25. The Kier molecular flexibility index (Phi) is 11.6. The van der Waals surface area contributed by atoms with Gasteiger partial charge in [0.25, 0.3) is 15.9 Å². The molecule has 296 valence electrons. The van der Waals surface area contributed by atoms with Crippen molar-refractivity contribution in [2.45, 2.75) is 120 Å². The molecule has 6 rings (SSSR count). The first-order valence-corrected chi connectivity index (χ1v) is 20.5. The Bertz CT molecular complexity index is 1940. The summed E-state index contributed by atoms with van der Waals surface area (Å²) in [6, 6.07) is 11.6. The van der Waals surface area contributed by atoms with Crippen LogP contribution in [0.2, 0.25) is 0 Å². The van der Waals surface area contributed by atoms with Crippen LogP contribution < -0.4 is 15.4 Å². The summed E-state index contributed by atoms with van der Waals surface area (Å²) < 4.78 is 40.2. The number of amides is 5. The average molecular weight is 778 g/mol. The number of benzene rings is 2. The molecular weight excluding hydrogens is 727 g/mol. The topological polar surface area (TPSA) is 181 Å². The van der Waals surface area contributed by atoms with Crippen molar-refractivity contribution in [3.63, 3.8) is 0 Å². The number of alkyl carbamates (subject to hydrolysis) is 1. The Morgan fingerprint density at radius 2 is 1.71 bits per heavy atom. The number of allylic oxidation sites excluding steroid dienone is 1. The molecule has 2 aromatic rings. The minimum atomic E-state index is -4.28. The minimum Gasteiger partial charge on any atom is -0.444 e.